The van der Waals surface area contributed by atoms with Gasteiger partial charge in [-0.3, -0.25) is 9.20 Å². The number of benzene rings is 2. The molecule has 0 atom stereocenters. The molecule has 0 bridgehead atoms. The van der Waals surface area contributed by atoms with Crippen molar-refractivity contribution in [3.05, 3.63) is 80.3 Å². The monoisotopic (exact) mass is 360 g/mol. The first-order valence-electron chi connectivity index (χ1n) is 7.96. The van der Waals surface area contributed by atoms with E-state index in [0.717, 1.165) is 5.69 Å². The van der Waals surface area contributed by atoms with Crippen LogP contribution in [-0.2, 0) is 0 Å². The number of nitrogens with one attached hydrogen (secondary N) is 1. The molecule has 1 N–H and O–H groups in total. The summed E-state index contributed by atoms with van der Waals surface area (Å²) in [5.74, 6) is 0. The van der Waals surface area contributed by atoms with Gasteiger partial charge >= 0.3 is 0 Å². The van der Waals surface area contributed by atoms with E-state index in [1.165, 1.54) is 4.40 Å². The Bertz CT molecular complexity index is 1320. The van der Waals surface area contributed by atoms with Crippen molar-refractivity contribution >= 4 is 40.2 Å². The number of nitrogens with zero attached hydrogens (tertiary/aromatic N) is 3. The first kappa shape index (κ1) is 16.1. The molecule has 26 heavy (non-hydrogen) atoms. The zero-order chi connectivity index (χ0) is 18.3. The summed E-state index contributed by atoms with van der Waals surface area (Å²) in [5, 5.41) is 13.7. The summed E-state index contributed by atoms with van der Waals surface area (Å²) in [5.41, 5.74) is 3.26. The highest BCUT2D eigenvalue weighted by atomic mass is 35.5. The van der Waals surface area contributed by atoms with Gasteiger partial charge in [0.05, 0.1) is 21.8 Å². The van der Waals surface area contributed by atoms with Crippen molar-refractivity contribution in [3.63, 3.8) is 0 Å². The third-order valence-corrected chi connectivity index (χ3v) is 4.55. The van der Waals surface area contributed by atoms with Gasteiger partial charge in [0.1, 0.15) is 6.07 Å². The number of imidazole rings is 1. The van der Waals surface area contributed by atoms with Crippen LogP contribution in [0.15, 0.2) is 53.3 Å². The lowest BCUT2D eigenvalue weighted by Gasteiger charge is -2.04. The number of pyridine rings is 1. The minimum Gasteiger partial charge on any atom is -0.361 e. The van der Waals surface area contributed by atoms with Gasteiger partial charge in [-0.25, -0.2) is 4.98 Å². The Morgan fingerprint density at radius 2 is 2.04 bits per heavy atom. The van der Waals surface area contributed by atoms with E-state index in [2.05, 4.69) is 16.4 Å². The molecule has 0 unspecified atom stereocenters. The van der Waals surface area contributed by atoms with Gasteiger partial charge < -0.3 is 5.32 Å². The number of anilines is 1. The van der Waals surface area contributed by atoms with Crippen LogP contribution in [0.5, 0.6) is 0 Å². The van der Waals surface area contributed by atoms with Gasteiger partial charge in [-0.05, 0) is 42.8 Å². The second-order valence-electron chi connectivity index (χ2n) is 5.89. The van der Waals surface area contributed by atoms with Crippen LogP contribution in [0.1, 0.15) is 11.1 Å². The van der Waals surface area contributed by atoms with Gasteiger partial charge in [0.15, 0.2) is 5.65 Å². The van der Waals surface area contributed by atoms with Crippen LogP contribution in [0.3, 0.4) is 0 Å². The minimum atomic E-state index is -0.222. The molecule has 0 aliphatic carbocycles. The Morgan fingerprint density at radius 3 is 2.81 bits per heavy atom. The van der Waals surface area contributed by atoms with E-state index in [4.69, 9.17) is 11.6 Å². The third-order valence-electron chi connectivity index (χ3n) is 4.32. The average molecular weight is 361 g/mol. The first-order valence-corrected chi connectivity index (χ1v) is 8.34. The fourth-order valence-corrected chi connectivity index (χ4v) is 3.21. The Kier molecular flexibility index (Phi) is 3.83. The highest BCUT2D eigenvalue weighted by molar-refractivity contribution is 6.30. The molecule has 0 aliphatic rings. The predicted octanol–water partition coefficient (Wildman–Crippen LogP) is 3.25. The van der Waals surface area contributed by atoms with Gasteiger partial charge in [0, 0.05) is 16.9 Å². The SMILES string of the molecule is Cc1c(C#N)c2nc3ccccc3n2c(=O)c1=CNc1cccc(Cl)c1. The predicted molar refractivity (Wildman–Crippen MR) is 103 cm³/mol. The molecular formula is C20H13ClN4O. The molecule has 6 heteroatoms. The molecule has 0 saturated carbocycles. The molecule has 0 saturated heterocycles. The molecule has 2 aromatic heterocycles. The zero-order valence-electron chi connectivity index (χ0n) is 13.8. The lowest BCUT2D eigenvalue weighted by atomic mass is 10.1. The molecule has 4 aromatic rings. The van der Waals surface area contributed by atoms with Crippen molar-refractivity contribution in [2.45, 2.75) is 6.92 Å². The highest BCUT2D eigenvalue weighted by Gasteiger charge is 2.15. The third kappa shape index (κ3) is 2.48. The Hall–Kier alpha value is -3.36. The number of hydrogen-bond acceptors (Lipinski definition) is 4. The molecule has 5 nitrogen and oxygen atoms in total. The largest absolute Gasteiger partial charge is 0.361 e. The topological polar surface area (TPSA) is 70.2 Å². The number of hydrogen-bond donors (Lipinski definition) is 1. The number of fused-ring (bicyclic) bond motifs is 3. The van der Waals surface area contributed by atoms with Gasteiger partial charge in [-0.15, -0.1) is 0 Å². The summed E-state index contributed by atoms with van der Waals surface area (Å²) >= 11 is 5.99. The highest BCUT2D eigenvalue weighted by Crippen LogP contribution is 2.18. The van der Waals surface area contributed by atoms with Crippen molar-refractivity contribution in [2.75, 3.05) is 5.32 Å². The van der Waals surface area contributed by atoms with Gasteiger partial charge in [-0.2, -0.15) is 5.26 Å². The number of halogens is 1. The van der Waals surface area contributed by atoms with Crippen LogP contribution in [0.4, 0.5) is 5.69 Å². The van der Waals surface area contributed by atoms with Gasteiger partial charge in [0.25, 0.3) is 5.56 Å². The van der Waals surface area contributed by atoms with Gasteiger partial charge in [-0.1, -0.05) is 29.8 Å². The molecule has 0 aliphatic heterocycles. The van der Waals surface area contributed by atoms with E-state index >= 15 is 0 Å². The second kappa shape index (κ2) is 6.17. The Balaban J connectivity index is 2.03. The standard InChI is InChI=1S/C20H13ClN4O/c1-12-15(10-22)19-24-17-7-2-3-8-18(17)25(19)20(26)16(12)11-23-14-6-4-5-13(21)9-14/h2-9,11,23H,1H3. The maximum atomic E-state index is 13.1. The number of para-hydroxylation sites is 2. The van der Waals surface area contributed by atoms with Crippen LogP contribution in [0.25, 0.3) is 22.9 Å². The van der Waals surface area contributed by atoms with Crippen molar-refractivity contribution in [1.82, 2.24) is 9.38 Å². The number of rotatable bonds is 2. The van der Waals surface area contributed by atoms with E-state index in [0.29, 0.717) is 38.0 Å². The zero-order valence-corrected chi connectivity index (χ0v) is 14.6. The van der Waals surface area contributed by atoms with Crippen molar-refractivity contribution in [1.29, 1.82) is 5.26 Å². The second-order valence-corrected chi connectivity index (χ2v) is 6.33. The summed E-state index contributed by atoms with van der Waals surface area (Å²) in [4.78, 5) is 17.6. The lowest BCUT2D eigenvalue weighted by Crippen LogP contribution is -2.34. The molecule has 126 valence electrons. The number of nitriles is 1. The fraction of sp³-hybridized carbons (Fsp3) is 0.0500. The maximum Gasteiger partial charge on any atom is 0.265 e. The summed E-state index contributed by atoms with van der Waals surface area (Å²) in [6.07, 6.45) is 1.61. The van der Waals surface area contributed by atoms with E-state index in [9.17, 15) is 10.1 Å². The quantitative estimate of drug-likeness (QED) is 0.595. The molecular weight excluding hydrogens is 348 g/mol. The summed E-state index contributed by atoms with van der Waals surface area (Å²) in [6, 6.07) is 16.7. The molecule has 0 fully saturated rings. The van der Waals surface area contributed by atoms with Crippen LogP contribution in [0.2, 0.25) is 5.02 Å². The summed E-state index contributed by atoms with van der Waals surface area (Å²) < 4.78 is 1.49. The maximum absolute atomic E-state index is 13.1. The van der Waals surface area contributed by atoms with Crippen molar-refractivity contribution < 1.29 is 0 Å². The molecule has 0 amide bonds. The van der Waals surface area contributed by atoms with Crippen LogP contribution in [0, 0.1) is 18.3 Å². The normalized spacial score (nSPS) is 11.8. The first-order chi connectivity index (χ1) is 12.6. The molecule has 2 heterocycles. The lowest BCUT2D eigenvalue weighted by molar-refractivity contribution is 1.10. The summed E-state index contributed by atoms with van der Waals surface area (Å²) in [7, 11) is 0. The van der Waals surface area contributed by atoms with Crippen LogP contribution >= 0.6 is 11.6 Å². The molecule has 4 rings (SSSR count). The molecule has 2 aromatic carbocycles. The smallest absolute Gasteiger partial charge is 0.265 e. The van der Waals surface area contributed by atoms with E-state index in [1.807, 2.05) is 36.4 Å². The van der Waals surface area contributed by atoms with E-state index in [1.54, 1.807) is 25.3 Å². The number of aromatic nitrogens is 2. The van der Waals surface area contributed by atoms with Gasteiger partial charge in [0.2, 0.25) is 0 Å². The average Bonchev–Trinajstić information content (AvgIpc) is 3.01. The summed E-state index contributed by atoms with van der Waals surface area (Å²) in [6.45, 7) is 1.75. The molecule has 0 spiro atoms. The van der Waals surface area contributed by atoms with E-state index < -0.39 is 0 Å². The fourth-order valence-electron chi connectivity index (χ4n) is 3.02. The Morgan fingerprint density at radius 1 is 1.23 bits per heavy atom. The van der Waals surface area contributed by atoms with Crippen LogP contribution in [-0.4, -0.2) is 9.38 Å². The van der Waals surface area contributed by atoms with Crippen molar-refractivity contribution in [3.8, 4) is 6.07 Å². The minimum absolute atomic E-state index is 0.222. The van der Waals surface area contributed by atoms with E-state index in [-0.39, 0.29) is 5.56 Å². The Labute approximate surface area is 153 Å². The van der Waals surface area contributed by atoms with Crippen LogP contribution < -0.4 is 16.1 Å². The van der Waals surface area contributed by atoms with Crippen molar-refractivity contribution in [2.24, 2.45) is 0 Å². The molecule has 0 radical (unpaired) electrons.